The molecule has 3 aromatic rings. The van der Waals surface area contributed by atoms with Gasteiger partial charge in [-0.25, -0.2) is 0 Å². The van der Waals surface area contributed by atoms with Crippen molar-refractivity contribution in [2.24, 2.45) is 5.73 Å². The number of pyridine rings is 1. The molecule has 2 aromatic carbocycles. The highest BCUT2D eigenvalue weighted by Gasteiger charge is 2.36. The molecular formula is C27H27N3O5. The molecule has 2 N–H and O–H groups in total. The standard InChI is InChI=1S/C27H27N3O5/c1-16-13-23-25(27(31)30(16)12-11-17-5-7-18(32-2)8-6-17)24(21(15-28)26(29)35-23)20-14-19(33-3)9-10-22(20)34-4/h5-10,13-14,24H,11-12,29H2,1-4H3. The van der Waals surface area contributed by atoms with Crippen LogP contribution in [-0.2, 0) is 13.0 Å². The van der Waals surface area contributed by atoms with Crippen molar-refractivity contribution in [3.63, 3.8) is 0 Å². The van der Waals surface area contributed by atoms with Gasteiger partial charge in [0, 0.05) is 23.9 Å². The summed E-state index contributed by atoms with van der Waals surface area (Å²) in [7, 11) is 4.71. The molecule has 1 atom stereocenters. The lowest BCUT2D eigenvalue weighted by Crippen LogP contribution is -2.33. The summed E-state index contributed by atoms with van der Waals surface area (Å²) in [6, 6.07) is 16.9. The molecule has 0 spiro atoms. The summed E-state index contributed by atoms with van der Waals surface area (Å²) in [5.41, 5.74) is 8.76. The van der Waals surface area contributed by atoms with Gasteiger partial charge in [0.15, 0.2) is 0 Å². The Kier molecular flexibility index (Phi) is 6.69. The highest BCUT2D eigenvalue weighted by atomic mass is 16.5. The van der Waals surface area contributed by atoms with E-state index in [0.717, 1.165) is 17.0 Å². The maximum absolute atomic E-state index is 13.9. The van der Waals surface area contributed by atoms with Crippen molar-refractivity contribution in [3.05, 3.63) is 92.7 Å². The molecule has 2 heterocycles. The Morgan fingerprint density at radius 2 is 1.71 bits per heavy atom. The van der Waals surface area contributed by atoms with Gasteiger partial charge in [-0.3, -0.25) is 4.79 Å². The minimum atomic E-state index is -0.769. The summed E-state index contributed by atoms with van der Waals surface area (Å²) in [4.78, 5) is 13.9. The van der Waals surface area contributed by atoms with Crippen LogP contribution in [0.25, 0.3) is 0 Å². The fourth-order valence-electron chi connectivity index (χ4n) is 4.37. The zero-order chi connectivity index (χ0) is 25.1. The minimum Gasteiger partial charge on any atom is -0.497 e. The van der Waals surface area contributed by atoms with Gasteiger partial charge >= 0.3 is 0 Å². The number of nitrogens with two attached hydrogens (primary N) is 1. The average molecular weight is 474 g/mol. The first-order chi connectivity index (χ1) is 16.9. The smallest absolute Gasteiger partial charge is 0.258 e. The number of ether oxygens (including phenoxy) is 4. The van der Waals surface area contributed by atoms with Crippen LogP contribution >= 0.6 is 0 Å². The maximum Gasteiger partial charge on any atom is 0.258 e. The molecule has 0 saturated heterocycles. The van der Waals surface area contributed by atoms with E-state index in [1.807, 2.05) is 31.2 Å². The summed E-state index contributed by atoms with van der Waals surface area (Å²) >= 11 is 0. The van der Waals surface area contributed by atoms with E-state index in [0.29, 0.717) is 41.3 Å². The second-order valence-electron chi connectivity index (χ2n) is 8.15. The van der Waals surface area contributed by atoms with Crippen LogP contribution in [0.5, 0.6) is 23.0 Å². The molecule has 1 aromatic heterocycles. The van der Waals surface area contributed by atoms with Gasteiger partial charge in [-0.1, -0.05) is 12.1 Å². The predicted octanol–water partition coefficient (Wildman–Crippen LogP) is 3.64. The fraction of sp³-hybridized carbons (Fsp3) is 0.259. The predicted molar refractivity (Wildman–Crippen MR) is 131 cm³/mol. The number of fused-ring (bicyclic) bond motifs is 1. The molecule has 1 aliphatic heterocycles. The van der Waals surface area contributed by atoms with E-state index < -0.39 is 5.92 Å². The molecule has 8 heteroatoms. The number of aromatic nitrogens is 1. The molecule has 1 unspecified atom stereocenters. The normalized spacial score (nSPS) is 14.5. The second kappa shape index (κ2) is 9.85. The number of aryl methyl sites for hydroxylation is 2. The molecule has 0 aliphatic carbocycles. The first-order valence-corrected chi connectivity index (χ1v) is 11.1. The fourth-order valence-corrected chi connectivity index (χ4v) is 4.37. The van der Waals surface area contributed by atoms with Gasteiger partial charge in [-0.05, 0) is 49.2 Å². The van der Waals surface area contributed by atoms with Gasteiger partial charge in [0.2, 0.25) is 5.88 Å². The van der Waals surface area contributed by atoms with E-state index in [1.54, 1.807) is 43.1 Å². The van der Waals surface area contributed by atoms with Crippen LogP contribution in [0.4, 0.5) is 0 Å². The molecule has 0 amide bonds. The third-order valence-electron chi connectivity index (χ3n) is 6.22. The number of allylic oxidation sites excluding steroid dienone is 1. The molecule has 8 nitrogen and oxygen atoms in total. The molecule has 0 saturated carbocycles. The van der Waals surface area contributed by atoms with Crippen LogP contribution in [0, 0.1) is 18.3 Å². The lowest BCUT2D eigenvalue weighted by molar-refractivity contribution is 0.379. The van der Waals surface area contributed by atoms with Gasteiger partial charge in [0.1, 0.15) is 34.6 Å². The molecule has 0 bridgehead atoms. The summed E-state index contributed by atoms with van der Waals surface area (Å²) in [6.07, 6.45) is 0.640. The molecule has 35 heavy (non-hydrogen) atoms. The monoisotopic (exact) mass is 473 g/mol. The Bertz CT molecular complexity index is 1380. The number of methoxy groups -OCH3 is 3. The Balaban J connectivity index is 1.84. The number of hydrogen-bond acceptors (Lipinski definition) is 7. The van der Waals surface area contributed by atoms with Crippen molar-refractivity contribution in [2.45, 2.75) is 25.8 Å². The van der Waals surface area contributed by atoms with Gasteiger partial charge in [0.05, 0.1) is 32.8 Å². The topological polar surface area (TPSA) is 109 Å². The number of rotatable bonds is 7. The third kappa shape index (κ3) is 4.41. The van der Waals surface area contributed by atoms with E-state index in [-0.39, 0.29) is 17.0 Å². The average Bonchev–Trinajstić information content (AvgIpc) is 2.87. The Morgan fingerprint density at radius 3 is 2.34 bits per heavy atom. The van der Waals surface area contributed by atoms with Crippen molar-refractivity contribution in [2.75, 3.05) is 21.3 Å². The quantitative estimate of drug-likeness (QED) is 0.558. The second-order valence-corrected chi connectivity index (χ2v) is 8.15. The first-order valence-electron chi connectivity index (χ1n) is 11.1. The summed E-state index contributed by atoms with van der Waals surface area (Å²) in [6.45, 7) is 2.30. The van der Waals surface area contributed by atoms with Gasteiger partial charge in [0.25, 0.3) is 5.56 Å². The highest BCUT2D eigenvalue weighted by Crippen LogP contribution is 2.44. The van der Waals surface area contributed by atoms with Crippen LogP contribution in [0.3, 0.4) is 0 Å². The van der Waals surface area contributed by atoms with Crippen molar-refractivity contribution in [1.29, 1.82) is 5.26 Å². The molecule has 180 valence electrons. The summed E-state index contributed by atoms with van der Waals surface area (Å²) in [5, 5.41) is 9.96. The van der Waals surface area contributed by atoms with E-state index in [2.05, 4.69) is 6.07 Å². The molecule has 0 radical (unpaired) electrons. The van der Waals surface area contributed by atoms with Crippen LogP contribution in [0.2, 0.25) is 0 Å². The van der Waals surface area contributed by atoms with Crippen LogP contribution < -0.4 is 30.2 Å². The largest absolute Gasteiger partial charge is 0.497 e. The number of nitrogens with zero attached hydrogens (tertiary/aromatic N) is 2. The van der Waals surface area contributed by atoms with Crippen LogP contribution in [0.1, 0.15) is 28.3 Å². The SMILES string of the molecule is COc1ccc(CCn2c(C)cc3c(c2=O)C(c2cc(OC)ccc2OC)C(C#N)=C(N)O3)cc1. The minimum absolute atomic E-state index is 0.0374. The van der Waals surface area contributed by atoms with Gasteiger partial charge in [-0.15, -0.1) is 0 Å². The molecular weight excluding hydrogens is 446 g/mol. The van der Waals surface area contributed by atoms with Crippen LogP contribution in [-0.4, -0.2) is 25.9 Å². The third-order valence-corrected chi connectivity index (χ3v) is 6.22. The Labute approximate surface area is 203 Å². The maximum atomic E-state index is 13.9. The van der Waals surface area contributed by atoms with Crippen molar-refractivity contribution < 1.29 is 18.9 Å². The van der Waals surface area contributed by atoms with Crippen molar-refractivity contribution in [3.8, 4) is 29.1 Å². The lowest BCUT2D eigenvalue weighted by atomic mass is 9.83. The Hall–Kier alpha value is -4.38. The zero-order valence-electron chi connectivity index (χ0n) is 20.1. The molecule has 4 rings (SSSR count). The van der Waals surface area contributed by atoms with E-state index >= 15 is 0 Å². The van der Waals surface area contributed by atoms with Gasteiger partial charge < -0.3 is 29.2 Å². The Morgan fingerprint density at radius 1 is 1.03 bits per heavy atom. The van der Waals surface area contributed by atoms with E-state index in [4.69, 9.17) is 24.7 Å². The lowest BCUT2D eigenvalue weighted by Gasteiger charge is -2.28. The van der Waals surface area contributed by atoms with E-state index in [9.17, 15) is 10.1 Å². The molecule has 1 aliphatic rings. The van der Waals surface area contributed by atoms with E-state index in [1.165, 1.54) is 7.11 Å². The first kappa shape index (κ1) is 23.8. The number of hydrogen-bond donors (Lipinski definition) is 1. The number of benzene rings is 2. The zero-order valence-corrected chi connectivity index (χ0v) is 20.1. The van der Waals surface area contributed by atoms with Gasteiger partial charge in [-0.2, -0.15) is 5.26 Å². The molecule has 0 fully saturated rings. The van der Waals surface area contributed by atoms with Crippen molar-refractivity contribution in [1.82, 2.24) is 4.57 Å². The summed E-state index contributed by atoms with van der Waals surface area (Å²) in [5.74, 6) is 1.38. The summed E-state index contributed by atoms with van der Waals surface area (Å²) < 4.78 is 23.6. The van der Waals surface area contributed by atoms with Crippen molar-refractivity contribution >= 4 is 0 Å². The number of nitriles is 1. The van der Waals surface area contributed by atoms with Crippen LogP contribution in [0.15, 0.2) is 64.8 Å². The highest BCUT2D eigenvalue weighted by molar-refractivity contribution is 5.59.